The van der Waals surface area contributed by atoms with Crippen LogP contribution in [0.5, 0.6) is 0 Å². The predicted molar refractivity (Wildman–Crippen MR) is 69.0 cm³/mol. The number of hydrogen-bond donors (Lipinski definition) is 0. The van der Waals surface area contributed by atoms with Crippen LogP contribution in [-0.4, -0.2) is 4.98 Å². The van der Waals surface area contributed by atoms with Crippen LogP contribution in [0.4, 0.5) is 4.39 Å². The van der Waals surface area contributed by atoms with Crippen LogP contribution in [0.1, 0.15) is 5.69 Å². The molecule has 5 heteroatoms. The highest BCUT2D eigenvalue weighted by Gasteiger charge is 2.14. The molecule has 0 saturated carbocycles. The van der Waals surface area contributed by atoms with E-state index in [0.29, 0.717) is 26.9 Å². The maximum absolute atomic E-state index is 13.1. The fraction of sp³-hybridized carbons (Fsp3) is 0.0769. The van der Waals surface area contributed by atoms with Gasteiger partial charge in [0.2, 0.25) is 5.95 Å². The molecule has 1 aromatic carbocycles. The Hall–Kier alpha value is -1.63. The normalized spacial score (nSPS) is 10.1. The Morgan fingerprint density at radius 3 is 2.44 bits per heavy atom. The van der Waals surface area contributed by atoms with Gasteiger partial charge in [-0.2, -0.15) is 9.65 Å². The molecule has 2 nitrogen and oxygen atoms in total. The minimum absolute atomic E-state index is 0.00531. The van der Waals surface area contributed by atoms with Crippen molar-refractivity contribution in [2.45, 2.75) is 6.42 Å². The molecule has 0 aliphatic rings. The molecule has 18 heavy (non-hydrogen) atoms. The number of pyridine rings is 1. The second-order valence-corrected chi connectivity index (χ2v) is 4.37. The molecule has 0 aliphatic carbocycles. The lowest BCUT2D eigenvalue weighted by atomic mass is 10.0. The summed E-state index contributed by atoms with van der Waals surface area (Å²) in [6.07, 6.45) is -0.00531. The molecule has 0 amide bonds. The summed E-state index contributed by atoms with van der Waals surface area (Å²) in [4.78, 5) is 3.72. The first kappa shape index (κ1) is 12.8. The van der Waals surface area contributed by atoms with E-state index in [1.54, 1.807) is 18.2 Å². The molecule has 2 aromatic rings. The molecule has 0 saturated heterocycles. The van der Waals surface area contributed by atoms with Gasteiger partial charge in [-0.05, 0) is 24.3 Å². The zero-order valence-corrected chi connectivity index (χ0v) is 10.6. The topological polar surface area (TPSA) is 36.7 Å². The first-order valence-corrected chi connectivity index (χ1v) is 5.86. The van der Waals surface area contributed by atoms with E-state index in [4.69, 9.17) is 28.5 Å². The summed E-state index contributed by atoms with van der Waals surface area (Å²) < 4.78 is 13.1. The van der Waals surface area contributed by atoms with E-state index in [-0.39, 0.29) is 6.42 Å². The van der Waals surface area contributed by atoms with Gasteiger partial charge in [0.25, 0.3) is 0 Å². The van der Waals surface area contributed by atoms with Crippen molar-refractivity contribution in [1.29, 1.82) is 5.26 Å². The van der Waals surface area contributed by atoms with Gasteiger partial charge in [-0.3, -0.25) is 0 Å². The van der Waals surface area contributed by atoms with Crippen molar-refractivity contribution < 1.29 is 4.39 Å². The van der Waals surface area contributed by atoms with Gasteiger partial charge in [0.1, 0.15) is 0 Å². The summed E-state index contributed by atoms with van der Waals surface area (Å²) in [6.45, 7) is 0. The molecule has 0 unspecified atom stereocenters. The number of rotatable bonds is 2. The zero-order valence-electron chi connectivity index (χ0n) is 9.12. The summed E-state index contributed by atoms with van der Waals surface area (Å²) in [7, 11) is 0. The van der Waals surface area contributed by atoms with Crippen molar-refractivity contribution >= 4 is 23.2 Å². The highest BCUT2D eigenvalue weighted by molar-refractivity contribution is 6.39. The molecule has 90 valence electrons. The van der Waals surface area contributed by atoms with Gasteiger partial charge in [-0.1, -0.05) is 29.3 Å². The van der Waals surface area contributed by atoms with E-state index in [2.05, 4.69) is 4.98 Å². The van der Waals surface area contributed by atoms with E-state index in [0.717, 1.165) is 0 Å². The van der Waals surface area contributed by atoms with Gasteiger partial charge >= 0.3 is 0 Å². The Morgan fingerprint density at radius 1 is 1.17 bits per heavy atom. The summed E-state index contributed by atoms with van der Waals surface area (Å²) in [6, 6.07) is 9.78. The van der Waals surface area contributed by atoms with Gasteiger partial charge in [0.05, 0.1) is 18.2 Å². The van der Waals surface area contributed by atoms with Crippen molar-refractivity contribution in [1.82, 2.24) is 4.98 Å². The summed E-state index contributed by atoms with van der Waals surface area (Å²) >= 11 is 12.2. The quantitative estimate of drug-likeness (QED) is 0.771. The standard InChI is InChI=1S/C13H7Cl2FN2/c14-9-2-1-3-10(15)13(9)8-4-5-12(16)18-11(8)6-7-17/h1-5H,6H2. The molecular formula is C13H7Cl2FN2. The van der Waals surface area contributed by atoms with Crippen LogP contribution in [0, 0.1) is 17.3 Å². The second-order valence-electron chi connectivity index (χ2n) is 3.56. The number of hydrogen-bond acceptors (Lipinski definition) is 2. The second kappa shape index (κ2) is 5.34. The summed E-state index contributed by atoms with van der Waals surface area (Å²) in [5, 5.41) is 9.62. The van der Waals surface area contributed by atoms with Crippen LogP contribution in [0.15, 0.2) is 30.3 Å². The van der Waals surface area contributed by atoms with Crippen molar-refractivity contribution in [3.8, 4) is 17.2 Å². The molecule has 0 atom stereocenters. The molecule has 0 radical (unpaired) electrons. The Morgan fingerprint density at radius 2 is 1.83 bits per heavy atom. The van der Waals surface area contributed by atoms with E-state index >= 15 is 0 Å². The Bertz CT molecular complexity index is 615. The highest BCUT2D eigenvalue weighted by atomic mass is 35.5. The van der Waals surface area contributed by atoms with E-state index in [1.807, 2.05) is 6.07 Å². The minimum atomic E-state index is -0.632. The number of nitrogens with zero attached hydrogens (tertiary/aromatic N) is 2. The number of aromatic nitrogens is 1. The van der Waals surface area contributed by atoms with Crippen LogP contribution in [0.3, 0.4) is 0 Å². The Labute approximate surface area is 114 Å². The monoisotopic (exact) mass is 280 g/mol. The average Bonchev–Trinajstić information content (AvgIpc) is 2.32. The molecule has 0 fully saturated rings. The van der Waals surface area contributed by atoms with Gasteiger partial charge in [0, 0.05) is 21.2 Å². The highest BCUT2D eigenvalue weighted by Crippen LogP contribution is 2.36. The molecule has 1 heterocycles. The summed E-state index contributed by atoms with van der Waals surface area (Å²) in [5.74, 6) is -0.632. The lowest BCUT2D eigenvalue weighted by molar-refractivity contribution is 0.579. The van der Waals surface area contributed by atoms with Gasteiger partial charge in [0.15, 0.2) is 0 Å². The molecule has 0 N–H and O–H groups in total. The lowest BCUT2D eigenvalue weighted by Crippen LogP contribution is -1.97. The number of nitriles is 1. The molecular weight excluding hydrogens is 274 g/mol. The average molecular weight is 281 g/mol. The minimum Gasteiger partial charge on any atom is -0.223 e. The van der Waals surface area contributed by atoms with E-state index in [1.165, 1.54) is 12.1 Å². The summed E-state index contributed by atoms with van der Waals surface area (Å²) in [5.41, 5.74) is 1.47. The van der Waals surface area contributed by atoms with Crippen LogP contribution in [0.2, 0.25) is 10.0 Å². The van der Waals surface area contributed by atoms with Crippen molar-refractivity contribution in [3.05, 3.63) is 52.0 Å². The molecule has 0 bridgehead atoms. The fourth-order valence-corrected chi connectivity index (χ4v) is 2.27. The number of halogens is 3. The maximum atomic E-state index is 13.1. The van der Waals surface area contributed by atoms with Gasteiger partial charge < -0.3 is 0 Å². The smallest absolute Gasteiger partial charge is 0.213 e. The van der Waals surface area contributed by atoms with E-state index < -0.39 is 5.95 Å². The Balaban J connectivity index is 2.68. The zero-order chi connectivity index (χ0) is 13.1. The third-order valence-corrected chi connectivity index (χ3v) is 3.05. The Kier molecular flexibility index (Phi) is 3.81. The lowest BCUT2D eigenvalue weighted by Gasteiger charge is -2.10. The molecule has 2 rings (SSSR count). The molecule has 0 aliphatic heterocycles. The number of benzene rings is 1. The van der Waals surface area contributed by atoms with Crippen molar-refractivity contribution in [2.24, 2.45) is 0 Å². The van der Waals surface area contributed by atoms with E-state index in [9.17, 15) is 4.39 Å². The van der Waals surface area contributed by atoms with Crippen LogP contribution < -0.4 is 0 Å². The third-order valence-electron chi connectivity index (χ3n) is 2.42. The van der Waals surface area contributed by atoms with Crippen LogP contribution in [0.25, 0.3) is 11.1 Å². The SMILES string of the molecule is N#CCc1nc(F)ccc1-c1c(Cl)cccc1Cl. The first-order valence-electron chi connectivity index (χ1n) is 5.10. The van der Waals surface area contributed by atoms with Crippen molar-refractivity contribution in [3.63, 3.8) is 0 Å². The fourth-order valence-electron chi connectivity index (χ4n) is 1.67. The van der Waals surface area contributed by atoms with Crippen LogP contribution in [-0.2, 0) is 6.42 Å². The first-order chi connectivity index (χ1) is 8.63. The van der Waals surface area contributed by atoms with Gasteiger partial charge in [-0.15, -0.1) is 0 Å². The molecule has 0 spiro atoms. The third kappa shape index (κ3) is 2.45. The van der Waals surface area contributed by atoms with Crippen molar-refractivity contribution in [2.75, 3.05) is 0 Å². The van der Waals surface area contributed by atoms with Gasteiger partial charge in [-0.25, -0.2) is 4.98 Å². The maximum Gasteiger partial charge on any atom is 0.213 e. The predicted octanol–water partition coefficient (Wildman–Crippen LogP) is 4.26. The van der Waals surface area contributed by atoms with Crippen LogP contribution >= 0.6 is 23.2 Å². The molecule has 1 aromatic heterocycles. The largest absolute Gasteiger partial charge is 0.223 e.